The Hall–Kier alpha value is -2.41. The molecule has 1 fully saturated rings. The maximum atomic E-state index is 11.9. The summed E-state index contributed by atoms with van der Waals surface area (Å²) in [7, 11) is 1.75. The Labute approximate surface area is 128 Å². The lowest BCUT2D eigenvalue weighted by Gasteiger charge is -2.18. The lowest BCUT2D eigenvalue weighted by atomic mass is 10.2. The standard InChI is InChI=1S/C15H19N5O2/c1-22-14-6-7-19(8-14)13-4-2-12(3-5-13)18-15(21)9-20-11-16-10-17-20/h2-5,10-11,14H,6-9H2,1H3,(H,18,21). The van der Waals surface area contributed by atoms with Gasteiger partial charge < -0.3 is 15.0 Å². The van der Waals surface area contributed by atoms with Crippen LogP contribution >= 0.6 is 0 Å². The van der Waals surface area contributed by atoms with E-state index in [2.05, 4.69) is 20.3 Å². The molecular weight excluding hydrogens is 282 g/mol. The highest BCUT2D eigenvalue weighted by Gasteiger charge is 2.22. The van der Waals surface area contributed by atoms with Crippen molar-refractivity contribution in [2.45, 2.75) is 19.1 Å². The quantitative estimate of drug-likeness (QED) is 0.896. The van der Waals surface area contributed by atoms with Gasteiger partial charge in [0.05, 0.1) is 6.10 Å². The van der Waals surface area contributed by atoms with Gasteiger partial charge in [-0.1, -0.05) is 0 Å². The molecule has 0 spiro atoms. The number of aromatic nitrogens is 3. The Morgan fingerprint density at radius 1 is 1.41 bits per heavy atom. The van der Waals surface area contributed by atoms with Crippen molar-refractivity contribution in [2.75, 3.05) is 30.4 Å². The molecule has 2 aromatic rings. The summed E-state index contributed by atoms with van der Waals surface area (Å²) in [6.45, 7) is 2.06. The van der Waals surface area contributed by atoms with Gasteiger partial charge in [0.15, 0.2) is 0 Å². The molecule has 116 valence electrons. The zero-order chi connectivity index (χ0) is 15.4. The van der Waals surface area contributed by atoms with Crippen LogP contribution in [0.1, 0.15) is 6.42 Å². The fourth-order valence-electron chi connectivity index (χ4n) is 2.57. The average Bonchev–Trinajstić information content (AvgIpc) is 3.19. The van der Waals surface area contributed by atoms with Crippen molar-refractivity contribution in [1.82, 2.24) is 14.8 Å². The van der Waals surface area contributed by atoms with Crippen LogP contribution in [0.5, 0.6) is 0 Å². The van der Waals surface area contributed by atoms with Crippen molar-refractivity contribution in [3.8, 4) is 0 Å². The predicted molar refractivity (Wildman–Crippen MR) is 82.7 cm³/mol. The molecule has 0 saturated carbocycles. The minimum atomic E-state index is -0.126. The maximum Gasteiger partial charge on any atom is 0.246 e. The fourth-order valence-corrected chi connectivity index (χ4v) is 2.57. The number of ether oxygens (including phenoxy) is 1. The lowest BCUT2D eigenvalue weighted by Crippen LogP contribution is -2.22. The first-order valence-corrected chi connectivity index (χ1v) is 7.24. The van der Waals surface area contributed by atoms with E-state index >= 15 is 0 Å². The summed E-state index contributed by atoms with van der Waals surface area (Å²) >= 11 is 0. The zero-order valence-electron chi connectivity index (χ0n) is 12.5. The Morgan fingerprint density at radius 3 is 2.86 bits per heavy atom. The highest BCUT2D eigenvalue weighted by Crippen LogP contribution is 2.23. The lowest BCUT2D eigenvalue weighted by molar-refractivity contribution is -0.116. The number of carbonyl (C=O) groups is 1. The molecule has 1 aliphatic rings. The van der Waals surface area contributed by atoms with Crippen molar-refractivity contribution in [2.24, 2.45) is 0 Å². The Morgan fingerprint density at radius 2 is 2.23 bits per heavy atom. The van der Waals surface area contributed by atoms with Crippen LogP contribution in [0.4, 0.5) is 11.4 Å². The Kier molecular flexibility index (Phi) is 4.34. The number of anilines is 2. The van der Waals surface area contributed by atoms with Crippen LogP contribution in [0.15, 0.2) is 36.9 Å². The fraction of sp³-hybridized carbons (Fsp3) is 0.400. The molecule has 1 unspecified atom stereocenters. The number of hydrogen-bond acceptors (Lipinski definition) is 5. The van der Waals surface area contributed by atoms with E-state index in [1.807, 2.05) is 24.3 Å². The highest BCUT2D eigenvalue weighted by molar-refractivity contribution is 5.90. The van der Waals surface area contributed by atoms with Gasteiger partial charge in [0.25, 0.3) is 0 Å². The first-order valence-electron chi connectivity index (χ1n) is 7.24. The van der Waals surface area contributed by atoms with Crippen LogP contribution in [0.3, 0.4) is 0 Å². The largest absolute Gasteiger partial charge is 0.380 e. The SMILES string of the molecule is COC1CCN(c2ccc(NC(=O)Cn3cncn3)cc2)C1. The van der Waals surface area contributed by atoms with Gasteiger partial charge in [-0.05, 0) is 30.7 Å². The van der Waals surface area contributed by atoms with Gasteiger partial charge in [0.2, 0.25) is 5.91 Å². The molecular formula is C15H19N5O2. The number of methoxy groups -OCH3 is 1. The van der Waals surface area contributed by atoms with Gasteiger partial charge in [-0.2, -0.15) is 5.10 Å². The molecule has 1 amide bonds. The Bertz CT molecular complexity index is 611. The first kappa shape index (κ1) is 14.5. The van der Waals surface area contributed by atoms with E-state index in [4.69, 9.17) is 4.74 Å². The molecule has 7 heteroatoms. The van der Waals surface area contributed by atoms with Crippen LogP contribution in [-0.2, 0) is 16.1 Å². The molecule has 7 nitrogen and oxygen atoms in total. The second-order valence-electron chi connectivity index (χ2n) is 5.28. The summed E-state index contributed by atoms with van der Waals surface area (Å²) in [5.41, 5.74) is 1.92. The van der Waals surface area contributed by atoms with E-state index in [-0.39, 0.29) is 12.5 Å². The summed E-state index contributed by atoms with van der Waals surface area (Å²) in [5.74, 6) is -0.126. The third-order valence-electron chi connectivity index (χ3n) is 3.77. The van der Waals surface area contributed by atoms with E-state index < -0.39 is 0 Å². The number of amides is 1. The van der Waals surface area contributed by atoms with Crippen LogP contribution in [0.2, 0.25) is 0 Å². The second kappa shape index (κ2) is 6.57. The van der Waals surface area contributed by atoms with Gasteiger partial charge in [-0.15, -0.1) is 0 Å². The Balaban J connectivity index is 1.56. The van der Waals surface area contributed by atoms with Crippen LogP contribution in [-0.4, -0.2) is 47.0 Å². The molecule has 22 heavy (non-hydrogen) atoms. The van der Waals surface area contributed by atoms with Crippen molar-refractivity contribution < 1.29 is 9.53 Å². The minimum absolute atomic E-state index is 0.126. The molecule has 0 bridgehead atoms. The number of rotatable bonds is 5. The summed E-state index contributed by atoms with van der Waals surface area (Å²) in [6.07, 6.45) is 4.28. The minimum Gasteiger partial charge on any atom is -0.380 e. The summed E-state index contributed by atoms with van der Waals surface area (Å²) < 4.78 is 6.86. The molecule has 1 aliphatic heterocycles. The van der Waals surface area contributed by atoms with Gasteiger partial charge in [0.1, 0.15) is 19.2 Å². The molecule has 1 saturated heterocycles. The molecule has 0 radical (unpaired) electrons. The molecule has 3 rings (SSSR count). The van der Waals surface area contributed by atoms with Gasteiger partial charge in [-0.3, -0.25) is 4.79 Å². The smallest absolute Gasteiger partial charge is 0.246 e. The summed E-state index contributed by atoms with van der Waals surface area (Å²) in [5, 5.41) is 6.75. The number of nitrogens with zero attached hydrogens (tertiary/aromatic N) is 4. The highest BCUT2D eigenvalue weighted by atomic mass is 16.5. The van der Waals surface area contributed by atoms with E-state index in [1.54, 1.807) is 7.11 Å². The summed E-state index contributed by atoms with van der Waals surface area (Å²) in [4.78, 5) is 18.0. The zero-order valence-corrected chi connectivity index (χ0v) is 12.5. The predicted octanol–water partition coefficient (Wildman–Crippen LogP) is 1.14. The second-order valence-corrected chi connectivity index (χ2v) is 5.28. The molecule has 1 N–H and O–H groups in total. The number of carbonyl (C=O) groups excluding carboxylic acids is 1. The van der Waals surface area contributed by atoms with Crippen molar-refractivity contribution >= 4 is 17.3 Å². The molecule has 2 heterocycles. The number of hydrogen-bond donors (Lipinski definition) is 1. The van der Waals surface area contributed by atoms with Crippen molar-refractivity contribution in [3.63, 3.8) is 0 Å². The van der Waals surface area contributed by atoms with E-state index in [9.17, 15) is 4.79 Å². The van der Waals surface area contributed by atoms with Gasteiger partial charge in [-0.25, -0.2) is 9.67 Å². The molecule has 1 atom stereocenters. The molecule has 1 aromatic carbocycles. The average molecular weight is 301 g/mol. The first-order chi connectivity index (χ1) is 10.7. The van der Waals surface area contributed by atoms with E-state index in [0.29, 0.717) is 6.10 Å². The topological polar surface area (TPSA) is 72.3 Å². The normalized spacial score (nSPS) is 17.7. The third-order valence-corrected chi connectivity index (χ3v) is 3.77. The molecule has 1 aromatic heterocycles. The maximum absolute atomic E-state index is 11.9. The van der Waals surface area contributed by atoms with Crippen molar-refractivity contribution in [3.05, 3.63) is 36.9 Å². The van der Waals surface area contributed by atoms with E-state index in [1.165, 1.54) is 17.3 Å². The number of nitrogens with one attached hydrogen (secondary N) is 1. The summed E-state index contributed by atoms with van der Waals surface area (Å²) in [6, 6.07) is 7.86. The van der Waals surface area contributed by atoms with Crippen molar-refractivity contribution in [1.29, 1.82) is 0 Å². The van der Waals surface area contributed by atoms with Gasteiger partial charge in [0, 0.05) is 31.6 Å². The monoisotopic (exact) mass is 301 g/mol. The molecule has 0 aliphatic carbocycles. The van der Waals surface area contributed by atoms with Crippen LogP contribution < -0.4 is 10.2 Å². The van der Waals surface area contributed by atoms with Crippen LogP contribution in [0, 0.1) is 0 Å². The third kappa shape index (κ3) is 3.43. The number of benzene rings is 1. The van der Waals surface area contributed by atoms with Crippen LogP contribution in [0.25, 0.3) is 0 Å². The van der Waals surface area contributed by atoms with E-state index in [0.717, 1.165) is 30.9 Å². The van der Waals surface area contributed by atoms with Gasteiger partial charge >= 0.3 is 0 Å².